The quantitative estimate of drug-likeness (QED) is 0.436. The maximum absolute atomic E-state index is 10.5. The topological polar surface area (TPSA) is 149 Å². The molecular weight excluding hydrogens is 396 g/mol. The van der Waals surface area contributed by atoms with Crippen LogP contribution in [0.1, 0.15) is 24.5 Å². The van der Waals surface area contributed by atoms with Crippen LogP contribution in [0.15, 0.2) is 58.3 Å². The molecule has 2 aromatic rings. The maximum Gasteiger partial charge on any atom is 0.294 e. The predicted octanol–water partition coefficient (Wildman–Crippen LogP) is 2.19. The maximum atomic E-state index is 10.5. The molecule has 10 heteroatoms. The van der Waals surface area contributed by atoms with Crippen LogP contribution in [-0.4, -0.2) is 42.4 Å². The van der Waals surface area contributed by atoms with Crippen LogP contribution in [0.5, 0.6) is 0 Å². The molecule has 0 saturated heterocycles. The van der Waals surface area contributed by atoms with Crippen molar-refractivity contribution in [1.82, 2.24) is 0 Å². The van der Waals surface area contributed by atoms with Gasteiger partial charge >= 0.3 is 0 Å². The number of aliphatic hydroxyl groups is 2. The molecule has 0 heterocycles. The van der Waals surface area contributed by atoms with Crippen LogP contribution in [-0.2, 0) is 20.2 Å². The van der Waals surface area contributed by atoms with E-state index in [4.69, 9.17) is 19.3 Å². The number of benzene rings is 2. The van der Waals surface area contributed by atoms with Gasteiger partial charge in [-0.25, -0.2) is 0 Å². The first-order valence-electron chi connectivity index (χ1n) is 7.71. The van der Waals surface area contributed by atoms with Gasteiger partial charge in [-0.1, -0.05) is 42.3 Å². The Kier molecular flexibility index (Phi) is 10.4. The smallest absolute Gasteiger partial charge is 0.294 e. The predicted molar refractivity (Wildman–Crippen MR) is 101 cm³/mol. The molecule has 0 fully saturated rings. The number of aryl methyl sites for hydroxylation is 2. The third-order valence-electron chi connectivity index (χ3n) is 3.00. The molecule has 0 atom stereocenters. The summed E-state index contributed by atoms with van der Waals surface area (Å²) >= 11 is 0. The van der Waals surface area contributed by atoms with Gasteiger partial charge in [0.1, 0.15) is 0 Å². The van der Waals surface area contributed by atoms with Gasteiger partial charge in [0.05, 0.1) is 9.79 Å². The van der Waals surface area contributed by atoms with E-state index in [0.29, 0.717) is 6.42 Å². The van der Waals surface area contributed by atoms with Crippen LogP contribution in [0, 0.1) is 13.8 Å². The van der Waals surface area contributed by atoms with Crippen molar-refractivity contribution in [3.63, 3.8) is 0 Å². The molecule has 4 N–H and O–H groups in total. The molecule has 0 radical (unpaired) electrons. The summed E-state index contributed by atoms with van der Waals surface area (Å²) in [6, 6.07) is 12.0. The van der Waals surface area contributed by atoms with E-state index in [-0.39, 0.29) is 9.79 Å². The fraction of sp³-hybridized carbons (Fsp3) is 0.294. The Morgan fingerprint density at radius 2 is 0.926 bits per heavy atom. The molecular formula is C17H24O8S2. The minimum absolute atomic E-state index is 0.0666. The normalized spacial score (nSPS) is 11.1. The zero-order valence-electron chi connectivity index (χ0n) is 15.1. The van der Waals surface area contributed by atoms with Crippen molar-refractivity contribution in [2.24, 2.45) is 0 Å². The van der Waals surface area contributed by atoms with E-state index in [1.807, 2.05) is 13.8 Å². The Morgan fingerprint density at radius 1 is 0.704 bits per heavy atom. The molecule has 0 aliphatic carbocycles. The lowest BCUT2D eigenvalue weighted by atomic mass is 10.2. The van der Waals surface area contributed by atoms with E-state index in [1.165, 1.54) is 24.3 Å². The lowest BCUT2D eigenvalue weighted by molar-refractivity contribution is -0.0413. The van der Waals surface area contributed by atoms with E-state index in [2.05, 4.69) is 0 Å². The van der Waals surface area contributed by atoms with Crippen molar-refractivity contribution in [2.75, 3.05) is 0 Å². The van der Waals surface area contributed by atoms with Crippen molar-refractivity contribution < 1.29 is 36.2 Å². The fourth-order valence-corrected chi connectivity index (χ4v) is 2.38. The third kappa shape index (κ3) is 11.5. The van der Waals surface area contributed by atoms with Crippen molar-refractivity contribution in [3.05, 3.63) is 59.7 Å². The second-order valence-corrected chi connectivity index (χ2v) is 8.31. The van der Waals surface area contributed by atoms with Gasteiger partial charge in [-0.05, 0) is 44.5 Å². The summed E-state index contributed by atoms with van der Waals surface area (Å²) in [4.78, 5) is -0.133. The minimum atomic E-state index is -4.02. The summed E-state index contributed by atoms with van der Waals surface area (Å²) < 4.78 is 59.1. The SMILES string of the molecule is CCC(O)O.Cc1ccc(S(=O)(=O)O)cc1.Cc1ccc(S(=O)(=O)O)cc1. The lowest BCUT2D eigenvalue weighted by Crippen LogP contribution is -1.99. The molecule has 0 aliphatic heterocycles. The summed E-state index contributed by atoms with van der Waals surface area (Å²) in [7, 11) is -8.04. The average molecular weight is 421 g/mol. The van der Waals surface area contributed by atoms with Gasteiger partial charge in [-0.2, -0.15) is 16.8 Å². The molecule has 27 heavy (non-hydrogen) atoms. The van der Waals surface area contributed by atoms with Crippen molar-refractivity contribution >= 4 is 20.2 Å². The Balaban J connectivity index is 0.000000405. The van der Waals surface area contributed by atoms with Gasteiger partial charge in [0.15, 0.2) is 6.29 Å². The second kappa shape index (κ2) is 11.1. The minimum Gasteiger partial charge on any atom is -0.368 e. The second-order valence-electron chi connectivity index (χ2n) is 5.47. The number of hydrogen-bond donors (Lipinski definition) is 4. The van der Waals surface area contributed by atoms with Gasteiger partial charge in [-0.15, -0.1) is 0 Å². The van der Waals surface area contributed by atoms with Gasteiger partial charge in [0.25, 0.3) is 20.2 Å². The van der Waals surface area contributed by atoms with Crippen LogP contribution in [0.2, 0.25) is 0 Å². The first-order chi connectivity index (χ1) is 12.3. The molecule has 0 bridgehead atoms. The Morgan fingerprint density at radius 3 is 1.07 bits per heavy atom. The molecule has 0 unspecified atom stereocenters. The highest BCUT2D eigenvalue weighted by atomic mass is 32.2. The summed E-state index contributed by atoms with van der Waals surface area (Å²) in [5.41, 5.74) is 1.91. The summed E-state index contributed by atoms with van der Waals surface area (Å²) in [6.45, 7) is 5.38. The molecule has 2 aromatic carbocycles. The van der Waals surface area contributed by atoms with E-state index in [0.717, 1.165) is 11.1 Å². The summed E-state index contributed by atoms with van der Waals surface area (Å²) in [6.07, 6.45) is -0.699. The molecule has 0 aliphatic rings. The van der Waals surface area contributed by atoms with Crippen molar-refractivity contribution in [1.29, 1.82) is 0 Å². The molecule has 0 spiro atoms. The Hall–Kier alpha value is -1.82. The van der Waals surface area contributed by atoms with E-state index < -0.39 is 26.5 Å². The van der Waals surface area contributed by atoms with Crippen LogP contribution in [0.25, 0.3) is 0 Å². The van der Waals surface area contributed by atoms with Gasteiger partial charge in [0, 0.05) is 0 Å². The van der Waals surface area contributed by atoms with Crippen LogP contribution >= 0.6 is 0 Å². The first-order valence-corrected chi connectivity index (χ1v) is 10.6. The zero-order valence-corrected chi connectivity index (χ0v) is 16.8. The van der Waals surface area contributed by atoms with Gasteiger partial charge < -0.3 is 10.2 Å². The molecule has 0 aromatic heterocycles. The van der Waals surface area contributed by atoms with E-state index >= 15 is 0 Å². The molecule has 152 valence electrons. The largest absolute Gasteiger partial charge is 0.368 e. The zero-order chi connectivity index (χ0) is 21.3. The number of aliphatic hydroxyl groups excluding tert-OH is 1. The summed E-state index contributed by atoms with van der Waals surface area (Å²) in [5, 5.41) is 15.8. The third-order valence-corrected chi connectivity index (χ3v) is 4.74. The van der Waals surface area contributed by atoms with E-state index in [9.17, 15) is 16.8 Å². The van der Waals surface area contributed by atoms with Crippen LogP contribution in [0.3, 0.4) is 0 Å². The molecule has 0 saturated carbocycles. The monoisotopic (exact) mass is 420 g/mol. The highest BCUT2D eigenvalue weighted by Gasteiger charge is 2.07. The lowest BCUT2D eigenvalue weighted by Gasteiger charge is -1.95. The van der Waals surface area contributed by atoms with Crippen LogP contribution < -0.4 is 0 Å². The van der Waals surface area contributed by atoms with Gasteiger partial charge in [-0.3, -0.25) is 9.11 Å². The number of hydrogen-bond acceptors (Lipinski definition) is 6. The standard InChI is InChI=1S/2C7H8O3S.C3H8O2/c2*1-6-2-4-7(5-3-6)11(8,9)10;1-2-3(4)5/h2*2-5H,1H3,(H,8,9,10);3-5H,2H2,1H3. The highest BCUT2D eigenvalue weighted by molar-refractivity contribution is 7.86. The average Bonchev–Trinajstić information content (AvgIpc) is 2.55. The summed E-state index contributed by atoms with van der Waals surface area (Å²) in [5.74, 6) is 0. The number of rotatable bonds is 3. The first kappa shape index (κ1) is 25.2. The highest BCUT2D eigenvalue weighted by Crippen LogP contribution is 2.09. The van der Waals surface area contributed by atoms with Crippen molar-refractivity contribution in [2.45, 2.75) is 43.3 Å². The van der Waals surface area contributed by atoms with Crippen LogP contribution in [0.4, 0.5) is 0 Å². The van der Waals surface area contributed by atoms with Gasteiger partial charge in [0.2, 0.25) is 0 Å². The Labute approximate surface area is 159 Å². The van der Waals surface area contributed by atoms with Crippen molar-refractivity contribution in [3.8, 4) is 0 Å². The fourth-order valence-electron chi connectivity index (χ4n) is 1.42. The molecule has 8 nitrogen and oxygen atoms in total. The Bertz CT molecular complexity index is 811. The van der Waals surface area contributed by atoms with E-state index in [1.54, 1.807) is 31.2 Å². The molecule has 0 amide bonds. The molecule has 2 rings (SSSR count).